The van der Waals surface area contributed by atoms with Crippen molar-refractivity contribution in [1.82, 2.24) is 0 Å². The van der Waals surface area contributed by atoms with Gasteiger partial charge in [0.05, 0.1) is 19.8 Å². The first-order valence-corrected chi connectivity index (χ1v) is 4.66. The van der Waals surface area contributed by atoms with Crippen molar-refractivity contribution in [3.63, 3.8) is 0 Å². The van der Waals surface area contributed by atoms with Crippen LogP contribution in [0.2, 0.25) is 6.82 Å². The first-order chi connectivity index (χ1) is 6.89. The fourth-order valence-corrected chi connectivity index (χ4v) is 0.636. The molecule has 0 aliphatic carbocycles. The average molecular weight is 208 g/mol. The Balaban J connectivity index is 0.000000265. The van der Waals surface area contributed by atoms with Gasteiger partial charge in [0.2, 0.25) is 0 Å². The Morgan fingerprint density at radius 2 is 2.00 bits per heavy atom. The highest BCUT2D eigenvalue weighted by molar-refractivity contribution is 6.86. The minimum Gasteiger partial charge on any atom is -0.480 e. The number of rotatable bonds is 1. The second-order valence-corrected chi connectivity index (χ2v) is 3.64. The number of hydrogen-bond donors (Lipinski definition) is 0. The molecule has 0 aromatic heterocycles. The third-order valence-electron chi connectivity index (χ3n) is 1.99. The Morgan fingerprint density at radius 1 is 1.47 bits per heavy atom. The summed E-state index contributed by atoms with van der Waals surface area (Å²) < 4.78 is 12.7. The lowest BCUT2D eigenvalue weighted by Crippen LogP contribution is -2.33. The fourth-order valence-electron chi connectivity index (χ4n) is 0.636. The lowest BCUT2D eigenvalue weighted by Gasteiger charge is -2.18. The van der Waals surface area contributed by atoms with Gasteiger partial charge in [-0.2, -0.15) is 0 Å². The van der Waals surface area contributed by atoms with Crippen LogP contribution in [0.4, 0.5) is 4.32 Å². The van der Waals surface area contributed by atoms with Crippen LogP contribution in [0.5, 0.6) is 0 Å². The summed E-state index contributed by atoms with van der Waals surface area (Å²) in [5.74, 6) is 2.45. The second kappa shape index (κ2) is 5.28. The zero-order chi connectivity index (χ0) is 11.9. The molecule has 80 valence electrons. The number of nitriles is 2. The zero-order valence-electron chi connectivity index (χ0n) is 9.18. The zero-order valence-corrected chi connectivity index (χ0v) is 9.18. The van der Waals surface area contributed by atoms with Gasteiger partial charge in [0, 0.05) is 0 Å². The lowest BCUT2D eigenvalue weighted by molar-refractivity contribution is -0.753. The summed E-state index contributed by atoms with van der Waals surface area (Å²) in [4.78, 5) is 3.97. The SMILES string of the molecule is CC[N+]1(C)C=CN=C1.C[B-](F)(C#N)C#N. The molecule has 0 saturated carbocycles. The molecule has 0 saturated heterocycles. The maximum absolute atomic E-state index is 11.9. The summed E-state index contributed by atoms with van der Waals surface area (Å²) in [7, 11) is 2.12. The monoisotopic (exact) mass is 208 g/mol. The maximum Gasteiger partial charge on any atom is 0.341 e. The summed E-state index contributed by atoms with van der Waals surface area (Å²) >= 11 is 0. The van der Waals surface area contributed by atoms with E-state index in [1.54, 1.807) is 0 Å². The second-order valence-electron chi connectivity index (χ2n) is 3.64. The van der Waals surface area contributed by atoms with Crippen LogP contribution in [-0.2, 0) is 0 Å². The van der Waals surface area contributed by atoms with E-state index in [4.69, 9.17) is 10.5 Å². The van der Waals surface area contributed by atoms with Crippen LogP contribution in [0.15, 0.2) is 17.4 Å². The van der Waals surface area contributed by atoms with Gasteiger partial charge in [-0.15, -0.1) is 6.82 Å². The first kappa shape index (κ1) is 13.3. The van der Waals surface area contributed by atoms with Gasteiger partial charge < -0.3 is 4.32 Å². The Hall–Kier alpha value is -1.66. The van der Waals surface area contributed by atoms with Crippen molar-refractivity contribution < 1.29 is 8.80 Å². The van der Waals surface area contributed by atoms with Crippen LogP contribution in [-0.4, -0.2) is 30.8 Å². The van der Waals surface area contributed by atoms with Gasteiger partial charge >= 0.3 is 6.42 Å². The number of quaternary nitrogens is 1. The highest BCUT2D eigenvalue weighted by atomic mass is 19.1. The van der Waals surface area contributed by atoms with Crippen LogP contribution < -0.4 is 0 Å². The molecule has 1 aliphatic rings. The minimum atomic E-state index is -2.86. The number of aliphatic imine (C=N–C) groups is 1. The van der Waals surface area contributed by atoms with Crippen LogP contribution in [0.3, 0.4) is 0 Å². The third-order valence-corrected chi connectivity index (χ3v) is 1.99. The highest BCUT2D eigenvalue weighted by Crippen LogP contribution is 2.04. The van der Waals surface area contributed by atoms with Crippen molar-refractivity contribution in [3.8, 4) is 11.9 Å². The van der Waals surface area contributed by atoms with Crippen LogP contribution >= 0.6 is 0 Å². The van der Waals surface area contributed by atoms with Gasteiger partial charge in [-0.3, -0.25) is 4.48 Å². The summed E-state index contributed by atoms with van der Waals surface area (Å²) in [5.41, 5.74) is 0. The summed E-state index contributed by atoms with van der Waals surface area (Å²) in [6.45, 7) is 4.20. The van der Waals surface area contributed by atoms with E-state index in [0.717, 1.165) is 17.9 Å². The van der Waals surface area contributed by atoms with Crippen LogP contribution in [0.1, 0.15) is 6.92 Å². The molecule has 1 atom stereocenters. The van der Waals surface area contributed by atoms with Crippen molar-refractivity contribution in [1.29, 1.82) is 10.5 Å². The van der Waals surface area contributed by atoms with Gasteiger partial charge in [-0.1, -0.05) is 11.9 Å². The topological polar surface area (TPSA) is 59.9 Å². The van der Waals surface area contributed by atoms with Crippen molar-refractivity contribution in [3.05, 3.63) is 12.4 Å². The standard InChI is InChI=1S/C6H11N2.C3H3BFN2/c1-3-8(2)5-4-7-6-8;1-4(5,2-6)3-7/h4-6H,3H2,1-2H3;1H3/q+1;-1. The van der Waals surface area contributed by atoms with Crippen molar-refractivity contribution >= 4 is 12.8 Å². The van der Waals surface area contributed by atoms with E-state index in [0.29, 0.717) is 0 Å². The van der Waals surface area contributed by atoms with E-state index in [9.17, 15) is 4.32 Å². The van der Waals surface area contributed by atoms with Crippen LogP contribution in [0, 0.1) is 22.5 Å². The van der Waals surface area contributed by atoms with Crippen molar-refractivity contribution in [2.45, 2.75) is 13.7 Å². The molecule has 0 spiro atoms. The van der Waals surface area contributed by atoms with Crippen LogP contribution in [0.25, 0.3) is 0 Å². The van der Waals surface area contributed by atoms with E-state index in [-0.39, 0.29) is 0 Å². The summed E-state index contributed by atoms with van der Waals surface area (Å²) in [6, 6.07) is 0. The van der Waals surface area contributed by atoms with Gasteiger partial charge in [0.1, 0.15) is 6.20 Å². The maximum atomic E-state index is 11.9. The molecule has 0 radical (unpaired) electrons. The molecular weight excluding hydrogens is 194 g/mol. The predicted octanol–water partition coefficient (Wildman–Crippen LogP) is 1.62. The average Bonchev–Trinajstić information content (AvgIpc) is 2.67. The number of hydrogen-bond acceptors (Lipinski definition) is 3. The molecule has 0 bridgehead atoms. The molecule has 0 aromatic carbocycles. The Morgan fingerprint density at radius 3 is 2.13 bits per heavy atom. The molecule has 6 heteroatoms. The Kier molecular flexibility index (Phi) is 4.70. The largest absolute Gasteiger partial charge is 0.480 e. The minimum absolute atomic E-state index is 0.847. The Labute approximate surface area is 89.5 Å². The van der Waals surface area contributed by atoms with Crippen molar-refractivity contribution in [2.24, 2.45) is 4.99 Å². The summed E-state index contributed by atoms with van der Waals surface area (Å²) in [6.07, 6.45) is 2.98. The molecule has 0 fully saturated rings. The van der Waals surface area contributed by atoms with E-state index >= 15 is 0 Å². The normalized spacial score (nSPS) is 22.5. The van der Waals surface area contributed by atoms with Gasteiger partial charge in [-0.25, -0.2) is 15.5 Å². The molecule has 4 nitrogen and oxygen atoms in total. The van der Waals surface area contributed by atoms with Gasteiger partial charge in [-0.05, 0) is 6.92 Å². The van der Waals surface area contributed by atoms with Crippen molar-refractivity contribution in [2.75, 3.05) is 13.6 Å². The smallest absolute Gasteiger partial charge is 0.341 e. The fraction of sp³-hybridized carbons (Fsp3) is 0.444. The quantitative estimate of drug-likeness (QED) is 0.485. The molecule has 15 heavy (non-hydrogen) atoms. The molecule has 1 heterocycles. The van der Waals surface area contributed by atoms with Gasteiger partial charge in [0.15, 0.2) is 6.34 Å². The molecule has 0 N–H and O–H groups in total. The molecule has 1 unspecified atom stereocenters. The predicted molar refractivity (Wildman–Crippen MR) is 58.3 cm³/mol. The summed E-state index contributed by atoms with van der Waals surface area (Å²) in [5, 5.41) is 15.5. The molecular formula is C9H14BFN4. The highest BCUT2D eigenvalue weighted by Gasteiger charge is 2.14. The van der Waals surface area contributed by atoms with E-state index in [1.165, 1.54) is 11.9 Å². The van der Waals surface area contributed by atoms with Gasteiger partial charge in [0.25, 0.3) is 0 Å². The molecule has 1 rings (SSSR count). The van der Waals surface area contributed by atoms with E-state index in [1.807, 2.05) is 12.5 Å². The third kappa shape index (κ3) is 4.95. The lowest BCUT2D eigenvalue weighted by atomic mass is 9.49. The number of halogens is 1. The molecule has 0 aromatic rings. The molecule has 0 amide bonds. The molecule has 1 aliphatic heterocycles. The first-order valence-electron chi connectivity index (χ1n) is 4.66. The van der Waals surface area contributed by atoms with E-state index < -0.39 is 6.42 Å². The Bertz CT molecular complexity index is 320. The number of nitrogens with zero attached hydrogens (tertiary/aromatic N) is 4. The van der Waals surface area contributed by atoms with E-state index in [2.05, 4.69) is 25.2 Å².